The van der Waals surface area contributed by atoms with Crippen LogP contribution in [0.25, 0.3) is 0 Å². The summed E-state index contributed by atoms with van der Waals surface area (Å²) in [7, 11) is 1.64. The van der Waals surface area contributed by atoms with Crippen molar-refractivity contribution in [2.24, 2.45) is 5.92 Å². The van der Waals surface area contributed by atoms with Crippen LogP contribution in [-0.4, -0.2) is 25.8 Å². The lowest BCUT2D eigenvalue weighted by Crippen LogP contribution is -2.53. The second kappa shape index (κ2) is 8.12. The van der Waals surface area contributed by atoms with Crippen molar-refractivity contribution in [2.45, 2.75) is 25.4 Å². The lowest BCUT2D eigenvalue weighted by Gasteiger charge is -2.31. The zero-order valence-electron chi connectivity index (χ0n) is 14.4. The predicted molar refractivity (Wildman–Crippen MR) is 98.0 cm³/mol. The van der Waals surface area contributed by atoms with Gasteiger partial charge in [0.05, 0.1) is 6.17 Å². The van der Waals surface area contributed by atoms with Crippen molar-refractivity contribution in [3.8, 4) is 0 Å². The van der Waals surface area contributed by atoms with Crippen molar-refractivity contribution in [3.05, 3.63) is 66.0 Å². The lowest BCUT2D eigenvalue weighted by atomic mass is 9.91. The highest BCUT2D eigenvalue weighted by Crippen LogP contribution is 2.19. The molecular formula is C20H24FN3O. The molecule has 2 amide bonds. The van der Waals surface area contributed by atoms with Gasteiger partial charge in [0.1, 0.15) is 5.82 Å². The third-order valence-electron chi connectivity index (χ3n) is 4.68. The van der Waals surface area contributed by atoms with Crippen LogP contribution in [0.1, 0.15) is 18.4 Å². The fourth-order valence-electron chi connectivity index (χ4n) is 3.21. The highest BCUT2D eigenvalue weighted by atomic mass is 19.1. The Hall–Kier alpha value is -2.40. The van der Waals surface area contributed by atoms with Crippen LogP contribution in [0.4, 0.5) is 14.9 Å². The van der Waals surface area contributed by atoms with Gasteiger partial charge in [-0.05, 0) is 48.9 Å². The first-order valence-electron chi connectivity index (χ1n) is 8.69. The summed E-state index contributed by atoms with van der Waals surface area (Å²) in [6.07, 6.45) is 2.96. The van der Waals surface area contributed by atoms with Gasteiger partial charge in [0.25, 0.3) is 0 Å². The smallest absolute Gasteiger partial charge is 0.322 e. The molecule has 1 saturated heterocycles. The maximum Gasteiger partial charge on any atom is 0.322 e. The molecule has 5 heteroatoms. The Labute approximate surface area is 148 Å². The molecule has 132 valence electrons. The fraction of sp³-hybridized carbons (Fsp3) is 0.350. The Balaban J connectivity index is 1.47. The van der Waals surface area contributed by atoms with Crippen molar-refractivity contribution >= 4 is 11.7 Å². The topological polar surface area (TPSA) is 44.4 Å². The highest BCUT2D eigenvalue weighted by molar-refractivity contribution is 5.91. The summed E-state index contributed by atoms with van der Waals surface area (Å²) in [6.45, 7) is 0.878. The number of halogens is 1. The molecule has 2 aromatic rings. The number of carbonyl (C=O) groups excluding carboxylic acids is 1. The third-order valence-corrected chi connectivity index (χ3v) is 4.68. The molecule has 4 nitrogen and oxygen atoms in total. The summed E-state index contributed by atoms with van der Waals surface area (Å²) in [5.41, 5.74) is 1.89. The normalized spacial score (nSPS) is 20.1. The third kappa shape index (κ3) is 4.79. The van der Waals surface area contributed by atoms with Crippen molar-refractivity contribution in [1.82, 2.24) is 10.6 Å². The molecule has 1 fully saturated rings. The number of piperidine rings is 1. The van der Waals surface area contributed by atoms with E-state index in [4.69, 9.17) is 0 Å². The monoisotopic (exact) mass is 341 g/mol. The van der Waals surface area contributed by atoms with Gasteiger partial charge in [0, 0.05) is 19.3 Å². The molecule has 2 atom stereocenters. The van der Waals surface area contributed by atoms with E-state index in [1.54, 1.807) is 19.2 Å². The fourth-order valence-corrected chi connectivity index (χ4v) is 3.21. The Kier molecular flexibility index (Phi) is 5.66. The van der Waals surface area contributed by atoms with E-state index in [2.05, 4.69) is 34.9 Å². The standard InChI is InChI=1S/C20H24FN3O/c1-24(18-9-5-8-17(21)13-18)20(25)23-19-11-10-16(14-22-19)12-15-6-3-2-4-7-15/h2-9,13,16,19,22H,10-12,14H2,1H3,(H,23,25). The maximum absolute atomic E-state index is 13.3. The summed E-state index contributed by atoms with van der Waals surface area (Å²) < 4.78 is 13.3. The van der Waals surface area contributed by atoms with Gasteiger partial charge in [-0.2, -0.15) is 0 Å². The molecule has 1 heterocycles. The number of nitrogens with one attached hydrogen (secondary N) is 2. The van der Waals surface area contributed by atoms with E-state index in [9.17, 15) is 9.18 Å². The summed E-state index contributed by atoms with van der Waals surface area (Å²) in [5.74, 6) is 0.230. The zero-order chi connectivity index (χ0) is 17.6. The van der Waals surface area contributed by atoms with E-state index in [-0.39, 0.29) is 18.0 Å². The molecule has 0 spiro atoms. The Morgan fingerprint density at radius 1 is 1.20 bits per heavy atom. The van der Waals surface area contributed by atoms with E-state index >= 15 is 0 Å². The van der Waals surface area contributed by atoms with Gasteiger partial charge in [0.2, 0.25) is 0 Å². The maximum atomic E-state index is 13.3. The summed E-state index contributed by atoms with van der Waals surface area (Å²) in [5, 5.41) is 6.38. The first-order valence-corrected chi connectivity index (χ1v) is 8.69. The molecule has 3 rings (SSSR count). The van der Waals surface area contributed by atoms with Crippen LogP contribution in [0.2, 0.25) is 0 Å². The summed E-state index contributed by atoms with van der Waals surface area (Å²) in [4.78, 5) is 13.8. The van der Waals surface area contributed by atoms with Crippen LogP contribution in [0, 0.1) is 11.7 Å². The summed E-state index contributed by atoms with van der Waals surface area (Å²) in [6, 6.07) is 16.3. The van der Waals surface area contributed by atoms with Gasteiger partial charge in [-0.15, -0.1) is 0 Å². The molecule has 0 bridgehead atoms. The first kappa shape index (κ1) is 17.4. The Bertz CT molecular complexity index is 699. The van der Waals surface area contributed by atoms with Crippen LogP contribution >= 0.6 is 0 Å². The number of benzene rings is 2. The van der Waals surface area contributed by atoms with Crippen LogP contribution in [0.3, 0.4) is 0 Å². The molecule has 2 aromatic carbocycles. The molecule has 1 aliphatic rings. The molecule has 2 unspecified atom stereocenters. The van der Waals surface area contributed by atoms with E-state index in [1.807, 2.05) is 6.07 Å². The van der Waals surface area contributed by atoms with E-state index in [0.29, 0.717) is 11.6 Å². The predicted octanol–water partition coefficient (Wildman–Crippen LogP) is 3.54. The minimum absolute atomic E-state index is 0.0458. The van der Waals surface area contributed by atoms with Gasteiger partial charge < -0.3 is 5.32 Å². The first-order chi connectivity index (χ1) is 12.1. The Morgan fingerprint density at radius 2 is 2.00 bits per heavy atom. The number of hydrogen-bond acceptors (Lipinski definition) is 2. The number of hydrogen-bond donors (Lipinski definition) is 2. The second-order valence-corrected chi connectivity index (χ2v) is 6.58. The highest BCUT2D eigenvalue weighted by Gasteiger charge is 2.23. The van der Waals surface area contributed by atoms with E-state index < -0.39 is 0 Å². The summed E-state index contributed by atoms with van der Waals surface area (Å²) >= 11 is 0. The molecule has 2 N–H and O–H groups in total. The van der Waals surface area contributed by atoms with Crippen molar-refractivity contribution in [2.75, 3.05) is 18.5 Å². The number of anilines is 1. The minimum atomic E-state index is -0.350. The van der Waals surface area contributed by atoms with Crippen molar-refractivity contribution in [1.29, 1.82) is 0 Å². The largest absolute Gasteiger partial charge is 0.322 e. The molecule has 0 radical (unpaired) electrons. The van der Waals surface area contributed by atoms with E-state index in [1.165, 1.54) is 22.6 Å². The molecule has 1 aliphatic heterocycles. The number of amides is 2. The van der Waals surface area contributed by atoms with Crippen LogP contribution in [0.5, 0.6) is 0 Å². The average molecular weight is 341 g/mol. The van der Waals surface area contributed by atoms with Crippen LogP contribution in [0.15, 0.2) is 54.6 Å². The van der Waals surface area contributed by atoms with E-state index in [0.717, 1.165) is 25.8 Å². The minimum Gasteiger partial charge on any atom is -0.322 e. The quantitative estimate of drug-likeness (QED) is 0.893. The average Bonchev–Trinajstić information content (AvgIpc) is 2.63. The molecule has 0 aliphatic carbocycles. The van der Waals surface area contributed by atoms with Gasteiger partial charge in [-0.25, -0.2) is 9.18 Å². The lowest BCUT2D eigenvalue weighted by molar-refractivity contribution is 0.228. The second-order valence-electron chi connectivity index (χ2n) is 6.58. The Morgan fingerprint density at radius 3 is 2.68 bits per heavy atom. The molecular weight excluding hydrogens is 317 g/mol. The number of carbonyl (C=O) groups is 1. The SMILES string of the molecule is CN(C(=O)NC1CCC(Cc2ccccc2)CN1)c1cccc(F)c1. The van der Waals surface area contributed by atoms with Gasteiger partial charge >= 0.3 is 6.03 Å². The number of rotatable bonds is 4. The molecule has 25 heavy (non-hydrogen) atoms. The van der Waals surface area contributed by atoms with Gasteiger partial charge in [0.15, 0.2) is 0 Å². The van der Waals surface area contributed by atoms with Crippen molar-refractivity contribution in [3.63, 3.8) is 0 Å². The number of urea groups is 1. The molecule has 0 saturated carbocycles. The van der Waals surface area contributed by atoms with Crippen molar-refractivity contribution < 1.29 is 9.18 Å². The zero-order valence-corrected chi connectivity index (χ0v) is 14.4. The van der Waals surface area contributed by atoms with Gasteiger partial charge in [-0.3, -0.25) is 10.2 Å². The molecule has 0 aromatic heterocycles. The van der Waals surface area contributed by atoms with Crippen LogP contribution < -0.4 is 15.5 Å². The van der Waals surface area contributed by atoms with Gasteiger partial charge in [-0.1, -0.05) is 36.4 Å². The number of nitrogens with zero attached hydrogens (tertiary/aromatic N) is 1. The van der Waals surface area contributed by atoms with Crippen LogP contribution in [-0.2, 0) is 6.42 Å².